The van der Waals surface area contributed by atoms with Crippen LogP contribution in [0.2, 0.25) is 0 Å². The van der Waals surface area contributed by atoms with Gasteiger partial charge in [-0.05, 0) is 31.2 Å². The van der Waals surface area contributed by atoms with Crippen molar-refractivity contribution in [2.24, 2.45) is 7.05 Å². The molecule has 0 atom stereocenters. The number of ether oxygens (including phenoxy) is 1. The number of aromatic nitrogens is 3. The van der Waals surface area contributed by atoms with Gasteiger partial charge < -0.3 is 14.6 Å². The molecule has 1 amide bonds. The lowest BCUT2D eigenvalue weighted by Crippen LogP contribution is -2.15. The van der Waals surface area contributed by atoms with Crippen LogP contribution in [0, 0.1) is 5.82 Å². The topological polar surface area (TPSA) is 69.0 Å². The van der Waals surface area contributed by atoms with Gasteiger partial charge in [0.15, 0.2) is 11.0 Å². The van der Waals surface area contributed by atoms with Gasteiger partial charge in [-0.1, -0.05) is 36.0 Å². The molecule has 0 saturated carbocycles. The maximum Gasteiger partial charge on any atom is 0.234 e. The molecule has 0 saturated heterocycles. The molecule has 0 radical (unpaired) electrons. The third kappa shape index (κ3) is 4.65. The number of benzene rings is 2. The number of rotatable bonds is 7. The van der Waals surface area contributed by atoms with E-state index in [-0.39, 0.29) is 17.5 Å². The average Bonchev–Trinajstić information content (AvgIpc) is 3.02. The molecule has 0 aliphatic rings. The summed E-state index contributed by atoms with van der Waals surface area (Å²) in [7, 11) is 1.78. The minimum absolute atomic E-state index is 0.162. The van der Waals surface area contributed by atoms with Crippen molar-refractivity contribution >= 4 is 23.4 Å². The quantitative estimate of drug-likeness (QED) is 0.627. The second-order valence-electron chi connectivity index (χ2n) is 5.64. The fourth-order valence-corrected chi connectivity index (χ4v) is 3.20. The van der Waals surface area contributed by atoms with E-state index in [4.69, 9.17) is 4.74 Å². The van der Waals surface area contributed by atoms with Gasteiger partial charge in [0, 0.05) is 12.6 Å². The van der Waals surface area contributed by atoms with Crippen LogP contribution in [0.25, 0.3) is 11.4 Å². The first-order chi connectivity index (χ1) is 13.1. The van der Waals surface area contributed by atoms with E-state index in [1.165, 1.54) is 23.9 Å². The largest absolute Gasteiger partial charge is 0.492 e. The fourth-order valence-electron chi connectivity index (χ4n) is 2.49. The highest BCUT2D eigenvalue weighted by Crippen LogP contribution is 2.25. The summed E-state index contributed by atoms with van der Waals surface area (Å²) in [5.74, 6) is 0.819. The minimum Gasteiger partial charge on any atom is -0.492 e. The summed E-state index contributed by atoms with van der Waals surface area (Å²) in [6.07, 6.45) is 0. The molecule has 2 aromatic carbocycles. The number of hydrogen-bond donors (Lipinski definition) is 1. The van der Waals surface area contributed by atoms with Gasteiger partial charge in [0.25, 0.3) is 0 Å². The Labute approximate surface area is 160 Å². The maximum atomic E-state index is 13.4. The van der Waals surface area contributed by atoms with E-state index in [1.807, 2.05) is 19.1 Å². The van der Waals surface area contributed by atoms with E-state index in [1.54, 1.807) is 35.9 Å². The number of nitrogens with one attached hydrogen (secondary N) is 1. The molecular formula is C19H19FN4O2S. The van der Waals surface area contributed by atoms with Crippen LogP contribution in [0.3, 0.4) is 0 Å². The van der Waals surface area contributed by atoms with Crippen molar-refractivity contribution in [3.63, 3.8) is 0 Å². The van der Waals surface area contributed by atoms with Crippen LogP contribution in [-0.2, 0) is 11.8 Å². The molecule has 1 aromatic heterocycles. The van der Waals surface area contributed by atoms with Crippen LogP contribution in [0.4, 0.5) is 10.1 Å². The fraction of sp³-hybridized carbons (Fsp3) is 0.211. The predicted molar refractivity (Wildman–Crippen MR) is 103 cm³/mol. The first-order valence-electron chi connectivity index (χ1n) is 8.38. The van der Waals surface area contributed by atoms with E-state index in [0.717, 1.165) is 0 Å². The summed E-state index contributed by atoms with van der Waals surface area (Å²) in [5.41, 5.74) is 1.26. The Kier molecular flexibility index (Phi) is 6.08. The summed E-state index contributed by atoms with van der Waals surface area (Å²) in [4.78, 5) is 12.3. The van der Waals surface area contributed by atoms with Crippen molar-refractivity contribution < 1.29 is 13.9 Å². The zero-order valence-corrected chi connectivity index (χ0v) is 15.8. The number of anilines is 1. The Morgan fingerprint density at radius 2 is 2.04 bits per heavy atom. The van der Waals surface area contributed by atoms with E-state index in [2.05, 4.69) is 15.5 Å². The molecule has 0 fully saturated rings. The van der Waals surface area contributed by atoms with Crippen molar-refractivity contribution in [2.45, 2.75) is 12.1 Å². The number of nitrogens with zero attached hydrogens (tertiary/aromatic N) is 3. The lowest BCUT2D eigenvalue weighted by atomic mass is 10.2. The van der Waals surface area contributed by atoms with E-state index in [0.29, 0.717) is 34.6 Å². The normalized spacial score (nSPS) is 10.6. The maximum absolute atomic E-state index is 13.4. The summed E-state index contributed by atoms with van der Waals surface area (Å²) < 4.78 is 20.7. The van der Waals surface area contributed by atoms with Crippen LogP contribution in [0.5, 0.6) is 5.75 Å². The lowest BCUT2D eigenvalue weighted by molar-refractivity contribution is -0.113. The first-order valence-corrected chi connectivity index (χ1v) is 9.37. The number of thioether (sulfide) groups is 1. The van der Waals surface area contributed by atoms with Crippen molar-refractivity contribution in [2.75, 3.05) is 17.7 Å². The van der Waals surface area contributed by atoms with Crippen LogP contribution < -0.4 is 10.1 Å². The van der Waals surface area contributed by atoms with Gasteiger partial charge in [0.1, 0.15) is 11.6 Å². The van der Waals surface area contributed by atoms with Crippen LogP contribution >= 0.6 is 11.8 Å². The minimum atomic E-state index is -0.336. The number of hydrogen-bond acceptors (Lipinski definition) is 5. The molecule has 0 spiro atoms. The highest BCUT2D eigenvalue weighted by molar-refractivity contribution is 7.99. The standard InChI is InChI=1S/C19H19FN4O2S/c1-3-26-16-10-5-4-9-15(16)21-17(25)12-27-19-23-22-18(24(19)2)13-7-6-8-14(20)11-13/h4-11H,3,12H2,1-2H3,(H,21,25). The molecule has 3 rings (SSSR count). The molecule has 3 aromatic rings. The number of halogens is 1. The Bertz CT molecular complexity index is 945. The van der Waals surface area contributed by atoms with Gasteiger partial charge in [0.2, 0.25) is 5.91 Å². The van der Waals surface area contributed by atoms with Gasteiger partial charge >= 0.3 is 0 Å². The monoisotopic (exact) mass is 386 g/mol. The second-order valence-corrected chi connectivity index (χ2v) is 6.58. The van der Waals surface area contributed by atoms with Gasteiger partial charge in [-0.3, -0.25) is 4.79 Å². The molecule has 27 heavy (non-hydrogen) atoms. The third-order valence-electron chi connectivity index (χ3n) is 3.71. The van der Waals surface area contributed by atoms with Crippen LogP contribution in [0.15, 0.2) is 53.7 Å². The highest BCUT2D eigenvalue weighted by Gasteiger charge is 2.14. The first kappa shape index (κ1) is 18.9. The number of para-hydroxylation sites is 2. The van der Waals surface area contributed by atoms with Crippen LogP contribution in [0.1, 0.15) is 6.92 Å². The number of carbonyl (C=O) groups excluding carboxylic acids is 1. The zero-order chi connectivity index (χ0) is 19.2. The van der Waals surface area contributed by atoms with E-state index in [9.17, 15) is 9.18 Å². The van der Waals surface area contributed by atoms with E-state index >= 15 is 0 Å². The molecule has 0 aliphatic carbocycles. The molecule has 140 valence electrons. The van der Waals surface area contributed by atoms with Gasteiger partial charge in [-0.2, -0.15) is 0 Å². The molecule has 6 nitrogen and oxygen atoms in total. The summed E-state index contributed by atoms with van der Waals surface area (Å²) in [5, 5.41) is 11.6. The Morgan fingerprint density at radius 1 is 1.22 bits per heavy atom. The average molecular weight is 386 g/mol. The summed E-state index contributed by atoms with van der Waals surface area (Å²) in [6, 6.07) is 13.4. The summed E-state index contributed by atoms with van der Waals surface area (Å²) in [6.45, 7) is 2.40. The predicted octanol–water partition coefficient (Wildman–Crippen LogP) is 3.75. The summed E-state index contributed by atoms with van der Waals surface area (Å²) >= 11 is 1.26. The third-order valence-corrected chi connectivity index (χ3v) is 4.73. The molecule has 1 N–H and O–H groups in total. The zero-order valence-electron chi connectivity index (χ0n) is 15.0. The Morgan fingerprint density at radius 3 is 2.81 bits per heavy atom. The van der Waals surface area contributed by atoms with Crippen molar-refractivity contribution in [1.82, 2.24) is 14.8 Å². The van der Waals surface area contributed by atoms with Gasteiger partial charge in [-0.25, -0.2) is 4.39 Å². The molecule has 0 bridgehead atoms. The Hall–Kier alpha value is -2.87. The second kappa shape index (κ2) is 8.68. The SMILES string of the molecule is CCOc1ccccc1NC(=O)CSc1nnc(-c2cccc(F)c2)n1C. The van der Waals surface area contributed by atoms with E-state index < -0.39 is 0 Å². The number of amides is 1. The number of carbonyl (C=O) groups is 1. The van der Waals surface area contributed by atoms with Crippen LogP contribution in [-0.4, -0.2) is 33.0 Å². The van der Waals surface area contributed by atoms with Gasteiger partial charge in [0.05, 0.1) is 18.0 Å². The molecule has 0 aliphatic heterocycles. The Balaban J connectivity index is 1.65. The molecule has 8 heteroatoms. The van der Waals surface area contributed by atoms with Crippen molar-refractivity contribution in [1.29, 1.82) is 0 Å². The molecular weight excluding hydrogens is 367 g/mol. The lowest BCUT2D eigenvalue weighted by Gasteiger charge is -2.11. The molecule has 1 heterocycles. The van der Waals surface area contributed by atoms with Crippen molar-refractivity contribution in [3.8, 4) is 17.1 Å². The highest BCUT2D eigenvalue weighted by atomic mass is 32.2. The smallest absolute Gasteiger partial charge is 0.234 e. The van der Waals surface area contributed by atoms with Gasteiger partial charge in [-0.15, -0.1) is 10.2 Å². The molecule has 0 unspecified atom stereocenters. The van der Waals surface area contributed by atoms with Crippen molar-refractivity contribution in [3.05, 3.63) is 54.3 Å².